The number of carbonyl (C=O) groups excluding carboxylic acids is 1. The van der Waals surface area contributed by atoms with Crippen LogP contribution in [0.2, 0.25) is 0 Å². The van der Waals surface area contributed by atoms with Gasteiger partial charge in [0.1, 0.15) is 5.60 Å². The Morgan fingerprint density at radius 1 is 1.26 bits per heavy atom. The van der Waals surface area contributed by atoms with Crippen molar-refractivity contribution in [3.63, 3.8) is 0 Å². The zero-order chi connectivity index (χ0) is 13.9. The first kappa shape index (κ1) is 13.9. The van der Waals surface area contributed by atoms with Gasteiger partial charge in [-0.3, -0.25) is 5.43 Å². The van der Waals surface area contributed by atoms with E-state index in [4.69, 9.17) is 4.74 Å². The molecule has 1 fully saturated rings. The molecule has 1 aliphatic rings. The Morgan fingerprint density at radius 2 is 1.89 bits per heavy atom. The Bertz CT molecular complexity index is 433. The second-order valence-electron chi connectivity index (χ2n) is 6.19. The molecule has 0 saturated heterocycles. The Labute approximate surface area is 114 Å². The standard InChI is InChI=1S/C15H22N2O2/c1-14(2,3)19-13(18)16-17-15(9-10-15)11-12-7-5-4-6-8-12/h4-8,17H,9-11H2,1-3H3,(H,16,18). The number of nitrogens with one attached hydrogen (secondary N) is 2. The first-order chi connectivity index (χ1) is 8.89. The van der Waals surface area contributed by atoms with Crippen LogP contribution < -0.4 is 10.9 Å². The summed E-state index contributed by atoms with van der Waals surface area (Å²) in [5.41, 5.74) is 6.57. The highest BCUT2D eigenvalue weighted by Crippen LogP contribution is 2.37. The first-order valence-electron chi connectivity index (χ1n) is 6.69. The summed E-state index contributed by atoms with van der Waals surface area (Å²) < 4.78 is 5.20. The largest absolute Gasteiger partial charge is 0.443 e. The van der Waals surface area contributed by atoms with Gasteiger partial charge >= 0.3 is 6.09 Å². The van der Waals surface area contributed by atoms with E-state index in [9.17, 15) is 4.79 Å². The van der Waals surface area contributed by atoms with Crippen LogP contribution >= 0.6 is 0 Å². The molecule has 2 rings (SSSR count). The minimum Gasteiger partial charge on any atom is -0.443 e. The van der Waals surface area contributed by atoms with Crippen molar-refractivity contribution in [2.75, 3.05) is 0 Å². The molecule has 0 aliphatic heterocycles. The fourth-order valence-corrected chi connectivity index (χ4v) is 1.97. The number of ether oxygens (including phenoxy) is 1. The Kier molecular flexibility index (Phi) is 3.80. The molecular formula is C15H22N2O2. The number of benzene rings is 1. The van der Waals surface area contributed by atoms with Gasteiger partial charge in [0.25, 0.3) is 0 Å². The monoisotopic (exact) mass is 262 g/mol. The van der Waals surface area contributed by atoms with Gasteiger partial charge in [-0.1, -0.05) is 30.3 Å². The zero-order valence-electron chi connectivity index (χ0n) is 11.8. The molecule has 1 aliphatic carbocycles. The number of hydrogen-bond acceptors (Lipinski definition) is 3. The summed E-state index contributed by atoms with van der Waals surface area (Å²) in [5, 5.41) is 0. The highest BCUT2D eigenvalue weighted by molar-refractivity contribution is 5.67. The maximum Gasteiger partial charge on any atom is 0.422 e. The molecule has 1 aromatic rings. The minimum atomic E-state index is -0.470. The third kappa shape index (κ3) is 4.56. The molecule has 0 heterocycles. The molecule has 1 aromatic carbocycles. The average Bonchev–Trinajstić information content (AvgIpc) is 3.06. The van der Waals surface area contributed by atoms with Crippen molar-refractivity contribution in [3.8, 4) is 0 Å². The maximum absolute atomic E-state index is 11.6. The van der Waals surface area contributed by atoms with Crippen molar-refractivity contribution < 1.29 is 9.53 Å². The van der Waals surface area contributed by atoms with E-state index in [1.165, 1.54) is 5.56 Å². The van der Waals surface area contributed by atoms with Crippen LogP contribution in [-0.2, 0) is 11.2 Å². The van der Waals surface area contributed by atoms with Crippen LogP contribution in [0.3, 0.4) is 0 Å². The van der Waals surface area contributed by atoms with E-state index in [0.29, 0.717) is 0 Å². The smallest absolute Gasteiger partial charge is 0.422 e. The van der Waals surface area contributed by atoms with Gasteiger partial charge in [0, 0.05) is 5.54 Å². The summed E-state index contributed by atoms with van der Waals surface area (Å²) >= 11 is 0. The first-order valence-corrected chi connectivity index (χ1v) is 6.69. The van der Waals surface area contributed by atoms with Gasteiger partial charge < -0.3 is 4.74 Å². The molecule has 104 valence electrons. The lowest BCUT2D eigenvalue weighted by Gasteiger charge is -2.22. The second-order valence-corrected chi connectivity index (χ2v) is 6.19. The van der Waals surface area contributed by atoms with Crippen molar-refractivity contribution in [2.45, 2.75) is 51.2 Å². The number of hydrazine groups is 1. The zero-order valence-corrected chi connectivity index (χ0v) is 11.8. The third-order valence-electron chi connectivity index (χ3n) is 3.07. The molecule has 0 aromatic heterocycles. The van der Waals surface area contributed by atoms with Crippen molar-refractivity contribution >= 4 is 6.09 Å². The fraction of sp³-hybridized carbons (Fsp3) is 0.533. The molecular weight excluding hydrogens is 240 g/mol. The number of rotatable bonds is 4. The van der Waals surface area contributed by atoms with Crippen molar-refractivity contribution in [3.05, 3.63) is 35.9 Å². The summed E-state index contributed by atoms with van der Waals surface area (Å²) in [4.78, 5) is 11.6. The Morgan fingerprint density at radius 3 is 2.42 bits per heavy atom. The SMILES string of the molecule is CC(C)(C)OC(=O)NNC1(Cc2ccccc2)CC1. The lowest BCUT2D eigenvalue weighted by Crippen LogP contribution is -2.48. The fourth-order valence-electron chi connectivity index (χ4n) is 1.97. The summed E-state index contributed by atoms with van der Waals surface area (Å²) in [6.45, 7) is 5.55. The van der Waals surface area contributed by atoms with Crippen LogP contribution in [0.25, 0.3) is 0 Å². The molecule has 2 N–H and O–H groups in total. The van der Waals surface area contributed by atoms with E-state index in [1.807, 2.05) is 39.0 Å². The van der Waals surface area contributed by atoms with Gasteiger partial charge in [0.2, 0.25) is 0 Å². The molecule has 19 heavy (non-hydrogen) atoms. The van der Waals surface area contributed by atoms with E-state index in [0.717, 1.165) is 19.3 Å². The normalized spacial score (nSPS) is 16.8. The van der Waals surface area contributed by atoms with Crippen molar-refractivity contribution in [1.29, 1.82) is 0 Å². The molecule has 0 spiro atoms. The summed E-state index contributed by atoms with van der Waals surface area (Å²) in [7, 11) is 0. The molecule has 0 atom stereocenters. The Balaban J connectivity index is 1.81. The van der Waals surface area contributed by atoms with Gasteiger partial charge in [0.05, 0.1) is 0 Å². The Hall–Kier alpha value is -1.55. The van der Waals surface area contributed by atoms with Gasteiger partial charge in [-0.2, -0.15) is 0 Å². The predicted molar refractivity (Wildman–Crippen MR) is 74.6 cm³/mol. The average molecular weight is 262 g/mol. The lowest BCUT2D eigenvalue weighted by atomic mass is 10.1. The second kappa shape index (κ2) is 5.21. The van der Waals surface area contributed by atoms with Crippen LogP contribution in [0, 0.1) is 0 Å². The van der Waals surface area contributed by atoms with Crippen molar-refractivity contribution in [1.82, 2.24) is 10.9 Å². The van der Waals surface area contributed by atoms with Gasteiger partial charge in [-0.05, 0) is 45.6 Å². The van der Waals surface area contributed by atoms with E-state index >= 15 is 0 Å². The van der Waals surface area contributed by atoms with E-state index in [1.54, 1.807) is 0 Å². The van der Waals surface area contributed by atoms with Gasteiger partial charge in [-0.25, -0.2) is 10.2 Å². The van der Waals surface area contributed by atoms with E-state index < -0.39 is 11.7 Å². The molecule has 0 bridgehead atoms. The lowest BCUT2D eigenvalue weighted by molar-refractivity contribution is 0.0483. The van der Waals surface area contributed by atoms with Crippen LogP contribution in [-0.4, -0.2) is 17.2 Å². The number of hydrogen-bond donors (Lipinski definition) is 2. The summed E-state index contributed by atoms with van der Waals surface area (Å²) in [5.74, 6) is 0. The molecule has 0 radical (unpaired) electrons. The topological polar surface area (TPSA) is 50.4 Å². The van der Waals surface area contributed by atoms with Crippen LogP contribution in [0.15, 0.2) is 30.3 Å². The predicted octanol–water partition coefficient (Wildman–Crippen LogP) is 2.79. The van der Waals surface area contributed by atoms with E-state index in [-0.39, 0.29) is 5.54 Å². The molecule has 4 nitrogen and oxygen atoms in total. The van der Waals surface area contributed by atoms with Crippen LogP contribution in [0.4, 0.5) is 4.79 Å². The highest BCUT2D eigenvalue weighted by atomic mass is 16.6. The quantitative estimate of drug-likeness (QED) is 0.820. The van der Waals surface area contributed by atoms with Gasteiger partial charge in [0.15, 0.2) is 0 Å². The number of amides is 1. The van der Waals surface area contributed by atoms with E-state index in [2.05, 4.69) is 23.0 Å². The molecule has 4 heteroatoms. The molecule has 0 unspecified atom stereocenters. The van der Waals surface area contributed by atoms with Crippen LogP contribution in [0.1, 0.15) is 39.2 Å². The van der Waals surface area contributed by atoms with Crippen LogP contribution in [0.5, 0.6) is 0 Å². The summed E-state index contributed by atoms with van der Waals surface area (Å²) in [6, 6.07) is 10.3. The highest BCUT2D eigenvalue weighted by Gasteiger charge is 2.43. The molecule has 1 saturated carbocycles. The number of carbonyl (C=O) groups is 1. The van der Waals surface area contributed by atoms with Gasteiger partial charge in [-0.15, -0.1) is 0 Å². The minimum absolute atomic E-state index is 0.00173. The third-order valence-corrected chi connectivity index (χ3v) is 3.07. The summed E-state index contributed by atoms with van der Waals surface area (Å²) in [6.07, 6.45) is 2.63. The maximum atomic E-state index is 11.6. The van der Waals surface area contributed by atoms with Crippen molar-refractivity contribution in [2.24, 2.45) is 0 Å². The molecule has 1 amide bonds.